The highest BCUT2D eigenvalue weighted by Crippen LogP contribution is 2.78. The number of hydrogen-bond acceptors (Lipinski definition) is 16. The number of fused-ring (bicyclic) bond motifs is 24. The molecule has 8 unspecified atom stereocenters. The highest BCUT2D eigenvalue weighted by molar-refractivity contribution is 8.27. The second kappa shape index (κ2) is 32.1. The SMILES string of the molecule is O=P1(N(CCN(P2(=O)Oc3ccccc3-c3ccccc32)P2(=O)Oc3ccc(-c4ccc5c(c4)-c4ccccc4P(=S)(N(c4ccccc4)P4(=S)Oc6ccc(-c7ccc8c(c7)-c7ccccc7P(=O)(N(c7ccccc7)P7(=O)Oc9ccccc9-c9ccccc97)O8)cc6-c6ccccc64)O5)cc3-c3ccccc32)P2(=O)Oc3ccccc3-c3ccccc32)Oc2ccccc2-c2ccccc21. The van der Waals surface area contributed by atoms with E-state index in [4.69, 9.17) is 59.8 Å². The Morgan fingerprint density at radius 2 is 0.362 bits per heavy atom. The first-order chi connectivity index (χ1) is 67.3. The molecule has 8 atom stereocenters. The van der Waals surface area contributed by atoms with Crippen molar-refractivity contribution in [2.75, 3.05) is 22.0 Å². The van der Waals surface area contributed by atoms with Gasteiger partial charge in [-0.1, -0.05) is 279 Å². The zero-order valence-corrected chi connectivity index (χ0v) is 81.5. The van der Waals surface area contributed by atoms with Crippen LogP contribution in [0.5, 0.6) is 46.0 Å². The first-order valence-corrected chi connectivity index (χ1v) is 59.5. The number of rotatable bonds is 15. The number of benzene rings is 18. The van der Waals surface area contributed by atoms with Crippen LogP contribution in [-0.2, 0) is 51.0 Å². The molecule has 0 aromatic heterocycles. The molecule has 8 aliphatic heterocycles. The number of para-hydroxylation sites is 6. The second-order valence-corrected chi connectivity index (χ2v) is 55.7. The fourth-order valence-electron chi connectivity index (χ4n) is 20.4. The van der Waals surface area contributed by atoms with Gasteiger partial charge in [-0.15, -0.1) is 8.88 Å². The van der Waals surface area contributed by atoms with Crippen LogP contribution in [0.4, 0.5) is 11.4 Å². The van der Waals surface area contributed by atoms with Crippen molar-refractivity contribution in [1.29, 1.82) is 0 Å². The fourth-order valence-corrected chi connectivity index (χ4v) is 48.9. The van der Waals surface area contributed by atoms with E-state index in [1.165, 1.54) is 13.3 Å². The Bertz CT molecular complexity index is 8620. The lowest BCUT2D eigenvalue weighted by molar-refractivity contribution is 0.362. The van der Waals surface area contributed by atoms with Gasteiger partial charge in [0, 0.05) is 102 Å². The number of anilines is 2. The predicted molar refractivity (Wildman–Crippen MR) is 561 cm³/mol. The highest BCUT2D eigenvalue weighted by atomic mass is 32.5. The molecular formula is C110H74N4O14P8S2. The average molecular weight is 1990 g/mol. The molecule has 0 saturated heterocycles. The zero-order valence-electron chi connectivity index (χ0n) is 72.7. The quantitative estimate of drug-likeness (QED) is 0.0880. The van der Waals surface area contributed by atoms with Crippen LogP contribution in [0.1, 0.15) is 0 Å². The van der Waals surface area contributed by atoms with Crippen LogP contribution < -0.4 is 87.5 Å². The molecule has 8 aliphatic rings. The van der Waals surface area contributed by atoms with E-state index >= 15 is 27.4 Å². The summed E-state index contributed by atoms with van der Waals surface area (Å²) >= 11 is 14.6. The minimum absolute atomic E-state index is 0.196. The van der Waals surface area contributed by atoms with Gasteiger partial charge in [-0.3, -0.25) is 18.3 Å². The van der Waals surface area contributed by atoms with E-state index in [1.807, 2.05) is 279 Å². The maximum absolute atomic E-state index is 17.9. The van der Waals surface area contributed by atoms with Gasteiger partial charge in [0.25, 0.3) is 0 Å². The standard InChI is InChI=1S/C110H74N4O14P8S2/c115-129(103-51-23-11-39-83(103)79-35-7-19-47-95(79)121-129)111(130(116)104-52-24-12-40-84(104)80-36-8-20-48-96(80)122-130)67-68-112(131(117)105-53-25-13-41-85(105)81-37-9-21-49-97(81)123-131)132(118)106-54-26-15-43-87(106)91-69-73(59-63-99(91)124-132)75-61-65-101-93(71-75)89-45-17-29-57-109(89)135(137,127-101)114(78-33-5-2-6-34-78)136(138)110-58-30-18-46-90(110)94-72-76(62-66-102(94)128-136)74-60-64-100-92(70-74)88-44-16-28-56-108(88)134(120,126-100)113(77-31-3-1-4-32-77)133(119)107-55-27-14-42-86(107)82-38-10-22-50-98(82)125-133/h1-66,69-72H,67-68H2. The van der Waals surface area contributed by atoms with E-state index in [1.54, 1.807) is 121 Å². The first-order valence-electron chi connectivity index (χ1n) is 44.7. The van der Waals surface area contributed by atoms with E-state index in [2.05, 4.69) is 28.7 Å². The Balaban J connectivity index is 0.541. The predicted octanol–water partition coefficient (Wildman–Crippen LogP) is 27.4. The molecule has 0 spiro atoms. The van der Waals surface area contributed by atoms with Crippen LogP contribution in [0, 0.1) is 0 Å². The zero-order chi connectivity index (χ0) is 92.8. The largest absolute Gasteiger partial charge is 0.444 e. The topological polar surface area (TPSA) is 189 Å². The lowest BCUT2D eigenvalue weighted by atomic mass is 9.95. The molecule has 138 heavy (non-hydrogen) atoms. The molecule has 0 bridgehead atoms. The van der Waals surface area contributed by atoms with E-state index in [-0.39, 0.29) is 44.2 Å². The third-order valence-corrected chi connectivity index (χ3v) is 53.4. The van der Waals surface area contributed by atoms with E-state index in [0.29, 0.717) is 106 Å². The molecule has 8 heterocycles. The molecule has 0 amide bonds. The summed E-state index contributed by atoms with van der Waals surface area (Å²) in [5, 5.41) is 3.21. The molecule has 18 aromatic carbocycles. The number of nitrogens with zero attached hydrogens (tertiary/aromatic N) is 4. The summed E-state index contributed by atoms with van der Waals surface area (Å²) in [6, 6.07) is 132. The highest BCUT2D eigenvalue weighted by Gasteiger charge is 2.61. The molecule has 18 nitrogen and oxygen atoms in total. The molecular weight excluding hydrogens is 1910 g/mol. The summed E-state index contributed by atoms with van der Waals surface area (Å²) in [6.07, 6.45) is -7.22. The van der Waals surface area contributed by atoms with Gasteiger partial charge >= 0.3 is 45.1 Å². The van der Waals surface area contributed by atoms with E-state index in [0.717, 1.165) is 60.7 Å². The van der Waals surface area contributed by atoms with Crippen LogP contribution in [0.15, 0.2) is 425 Å². The van der Waals surface area contributed by atoms with Gasteiger partial charge in [0.05, 0.1) is 43.2 Å². The molecule has 0 saturated carbocycles. The van der Waals surface area contributed by atoms with Crippen LogP contribution in [-0.4, -0.2) is 22.0 Å². The first kappa shape index (κ1) is 85.0. The lowest BCUT2D eigenvalue weighted by Gasteiger charge is -2.47. The Labute approximate surface area is 805 Å². The summed E-state index contributed by atoms with van der Waals surface area (Å²) in [5.41, 5.74) is 15.3. The minimum Gasteiger partial charge on any atom is -0.444 e. The van der Waals surface area contributed by atoms with Crippen molar-refractivity contribution >= 4 is 135 Å². The molecule has 18 aromatic rings. The van der Waals surface area contributed by atoms with Crippen molar-refractivity contribution in [3.8, 4) is 157 Å². The minimum atomic E-state index is -4.86. The molecule has 670 valence electrons. The average Bonchev–Trinajstić information content (AvgIpc) is 0.703. The van der Waals surface area contributed by atoms with Gasteiger partial charge in [-0.05, 0) is 203 Å². The summed E-state index contributed by atoms with van der Waals surface area (Å²) in [5.74, 6) is 2.85. The second-order valence-electron chi connectivity index (χ2n) is 34.3. The maximum atomic E-state index is 17.9. The fraction of sp³-hybridized carbons (Fsp3) is 0.0182. The molecule has 0 aliphatic carbocycles. The van der Waals surface area contributed by atoms with Gasteiger partial charge in [0.1, 0.15) is 46.0 Å². The smallest absolute Gasteiger partial charge is 0.383 e. The van der Waals surface area contributed by atoms with Gasteiger partial charge in [0.15, 0.2) is 0 Å². The Morgan fingerprint density at radius 3 is 0.638 bits per heavy atom. The summed E-state index contributed by atoms with van der Waals surface area (Å²) in [4.78, 5) is 0. The molecule has 0 fully saturated rings. The van der Waals surface area contributed by atoms with Crippen molar-refractivity contribution < 1.29 is 63.6 Å². The van der Waals surface area contributed by atoms with Gasteiger partial charge in [-0.25, -0.2) is 18.0 Å². The van der Waals surface area contributed by atoms with Crippen LogP contribution in [0.2, 0.25) is 0 Å². The Morgan fingerprint density at radius 1 is 0.174 bits per heavy atom. The third kappa shape index (κ3) is 12.8. The number of hydrogen-bond donors (Lipinski definition) is 0. The lowest BCUT2D eigenvalue weighted by Crippen LogP contribution is -2.42. The van der Waals surface area contributed by atoms with Crippen LogP contribution in [0.3, 0.4) is 0 Å². The normalized spacial score (nSPS) is 22.0. The van der Waals surface area contributed by atoms with E-state index in [9.17, 15) is 0 Å². The van der Waals surface area contributed by atoms with Crippen LogP contribution >= 0.6 is 57.9 Å². The summed E-state index contributed by atoms with van der Waals surface area (Å²) in [6.45, 7) is -1.05. The molecule has 0 radical (unpaired) electrons. The Kier molecular flexibility index (Phi) is 19.8. The van der Waals surface area contributed by atoms with Crippen molar-refractivity contribution in [2.45, 2.75) is 0 Å². The molecule has 26 rings (SSSR count). The monoisotopic (exact) mass is 1990 g/mol. The van der Waals surface area contributed by atoms with Crippen molar-refractivity contribution in [3.63, 3.8) is 0 Å². The van der Waals surface area contributed by atoms with Crippen LogP contribution in [0.25, 0.3) is 111 Å². The summed E-state index contributed by atoms with van der Waals surface area (Å²) in [7, 11) is -27.7. The maximum Gasteiger partial charge on any atom is 0.383 e. The Hall–Kier alpha value is -13.4. The van der Waals surface area contributed by atoms with Gasteiger partial charge in [-0.2, -0.15) is 0 Å². The molecule has 28 heteroatoms. The molecule has 0 N–H and O–H groups in total. The van der Waals surface area contributed by atoms with Crippen molar-refractivity contribution in [3.05, 3.63) is 425 Å². The summed E-state index contributed by atoms with van der Waals surface area (Å²) < 4.78 is 167. The third-order valence-electron chi connectivity index (χ3n) is 26.6. The van der Waals surface area contributed by atoms with E-state index < -0.39 is 71.0 Å². The van der Waals surface area contributed by atoms with Crippen molar-refractivity contribution in [1.82, 2.24) is 8.88 Å². The van der Waals surface area contributed by atoms with Gasteiger partial charge < -0.3 is 36.2 Å². The van der Waals surface area contributed by atoms with Crippen molar-refractivity contribution in [2.24, 2.45) is 0 Å². The van der Waals surface area contributed by atoms with Gasteiger partial charge in [0.2, 0.25) is 12.8 Å².